The summed E-state index contributed by atoms with van der Waals surface area (Å²) in [6, 6.07) is 8.08. The molecule has 0 radical (unpaired) electrons. The van der Waals surface area contributed by atoms with Gasteiger partial charge in [-0.2, -0.15) is 0 Å². The number of hydrogen-bond acceptors (Lipinski definition) is 3. The molecule has 4 heteroatoms. The first-order valence-corrected chi connectivity index (χ1v) is 7.54. The van der Waals surface area contributed by atoms with Crippen LogP contribution in [0.1, 0.15) is 41.1 Å². The van der Waals surface area contributed by atoms with Gasteiger partial charge in [-0.15, -0.1) is 0 Å². The van der Waals surface area contributed by atoms with Crippen molar-refractivity contribution < 1.29 is 4.79 Å². The summed E-state index contributed by atoms with van der Waals surface area (Å²) in [5.41, 5.74) is 2.09. The van der Waals surface area contributed by atoms with E-state index in [0.717, 1.165) is 31.6 Å². The smallest absolute Gasteiger partial charge is 0.251 e. The Morgan fingerprint density at radius 3 is 2.75 bits per heavy atom. The Kier molecular flexibility index (Phi) is 6.02. The predicted molar refractivity (Wildman–Crippen MR) is 82.2 cm³/mol. The number of piperidine rings is 1. The molecule has 0 aromatic heterocycles. The maximum absolute atomic E-state index is 12.0. The van der Waals surface area contributed by atoms with Crippen molar-refractivity contribution in [2.45, 2.75) is 25.2 Å². The zero-order valence-electron chi connectivity index (χ0n) is 12.2. The number of hydrogen-bond donors (Lipinski definition) is 3. The second-order valence-corrected chi connectivity index (χ2v) is 5.38. The van der Waals surface area contributed by atoms with Gasteiger partial charge in [0.05, 0.1) is 0 Å². The summed E-state index contributed by atoms with van der Waals surface area (Å²) >= 11 is 0. The van der Waals surface area contributed by atoms with E-state index in [2.05, 4.69) is 28.1 Å². The van der Waals surface area contributed by atoms with Gasteiger partial charge in [-0.3, -0.25) is 4.79 Å². The van der Waals surface area contributed by atoms with Crippen molar-refractivity contribution >= 4 is 5.91 Å². The lowest BCUT2D eigenvalue weighted by Gasteiger charge is -2.23. The van der Waals surface area contributed by atoms with Gasteiger partial charge in [0.1, 0.15) is 0 Å². The molecule has 110 valence electrons. The quantitative estimate of drug-likeness (QED) is 0.690. The molecule has 1 heterocycles. The summed E-state index contributed by atoms with van der Waals surface area (Å²) in [4.78, 5) is 12.0. The van der Waals surface area contributed by atoms with Gasteiger partial charge in [0.15, 0.2) is 0 Å². The third-order valence-corrected chi connectivity index (χ3v) is 3.83. The SMILES string of the molecule is CNCCCNC(=O)c1ccc([C@H]2CCCNC2)cc1. The minimum atomic E-state index is 0.0226. The highest BCUT2D eigenvalue weighted by atomic mass is 16.1. The predicted octanol–water partition coefficient (Wildman–Crippen LogP) is 1.49. The summed E-state index contributed by atoms with van der Waals surface area (Å²) in [6.45, 7) is 3.82. The Balaban J connectivity index is 1.85. The molecule has 1 aromatic rings. The molecule has 0 saturated carbocycles. The topological polar surface area (TPSA) is 53.2 Å². The average Bonchev–Trinajstić information content (AvgIpc) is 2.52. The van der Waals surface area contributed by atoms with Gasteiger partial charge >= 0.3 is 0 Å². The summed E-state index contributed by atoms with van der Waals surface area (Å²) < 4.78 is 0. The molecule has 1 fully saturated rings. The van der Waals surface area contributed by atoms with Crippen molar-refractivity contribution in [3.8, 4) is 0 Å². The highest BCUT2D eigenvalue weighted by molar-refractivity contribution is 5.94. The van der Waals surface area contributed by atoms with Crippen molar-refractivity contribution in [1.82, 2.24) is 16.0 Å². The van der Waals surface area contributed by atoms with Crippen LogP contribution in [-0.4, -0.2) is 39.1 Å². The zero-order valence-corrected chi connectivity index (χ0v) is 12.2. The first-order valence-electron chi connectivity index (χ1n) is 7.54. The fraction of sp³-hybridized carbons (Fsp3) is 0.562. The Labute approximate surface area is 121 Å². The fourth-order valence-corrected chi connectivity index (χ4v) is 2.61. The molecule has 4 nitrogen and oxygen atoms in total. The minimum Gasteiger partial charge on any atom is -0.352 e. The third kappa shape index (κ3) is 4.32. The summed E-state index contributed by atoms with van der Waals surface area (Å²) in [5, 5.41) is 9.43. The van der Waals surface area contributed by atoms with Gasteiger partial charge in [-0.25, -0.2) is 0 Å². The maximum Gasteiger partial charge on any atom is 0.251 e. The van der Waals surface area contributed by atoms with Crippen molar-refractivity contribution in [3.63, 3.8) is 0 Å². The van der Waals surface area contributed by atoms with Crippen molar-refractivity contribution in [3.05, 3.63) is 35.4 Å². The Morgan fingerprint density at radius 2 is 2.10 bits per heavy atom. The Morgan fingerprint density at radius 1 is 1.30 bits per heavy atom. The van der Waals surface area contributed by atoms with E-state index in [1.807, 2.05) is 19.2 Å². The molecule has 3 N–H and O–H groups in total. The zero-order chi connectivity index (χ0) is 14.2. The second kappa shape index (κ2) is 8.02. The van der Waals surface area contributed by atoms with Crippen LogP contribution in [0.4, 0.5) is 0 Å². The van der Waals surface area contributed by atoms with Crippen LogP contribution < -0.4 is 16.0 Å². The highest BCUT2D eigenvalue weighted by Crippen LogP contribution is 2.23. The van der Waals surface area contributed by atoms with Crippen molar-refractivity contribution in [2.75, 3.05) is 33.2 Å². The Hall–Kier alpha value is -1.39. The molecule has 1 aliphatic heterocycles. The minimum absolute atomic E-state index is 0.0226. The molecule has 0 spiro atoms. The van der Waals surface area contributed by atoms with Gasteiger partial charge in [-0.05, 0) is 63.0 Å². The van der Waals surface area contributed by atoms with Crippen molar-refractivity contribution in [1.29, 1.82) is 0 Å². The van der Waals surface area contributed by atoms with Crippen molar-refractivity contribution in [2.24, 2.45) is 0 Å². The van der Waals surface area contributed by atoms with E-state index < -0.39 is 0 Å². The van der Waals surface area contributed by atoms with Gasteiger partial charge in [0.25, 0.3) is 5.91 Å². The molecule has 1 amide bonds. The van der Waals surface area contributed by atoms with Crippen LogP contribution in [0.5, 0.6) is 0 Å². The highest BCUT2D eigenvalue weighted by Gasteiger charge is 2.15. The number of benzene rings is 1. The van der Waals surface area contributed by atoms with Gasteiger partial charge < -0.3 is 16.0 Å². The fourth-order valence-electron chi connectivity index (χ4n) is 2.61. The van der Waals surface area contributed by atoms with Crippen LogP contribution in [0.15, 0.2) is 24.3 Å². The molecular weight excluding hydrogens is 250 g/mol. The van der Waals surface area contributed by atoms with E-state index in [-0.39, 0.29) is 5.91 Å². The lowest BCUT2D eigenvalue weighted by molar-refractivity contribution is 0.0953. The Bertz CT molecular complexity index is 410. The van der Waals surface area contributed by atoms with Gasteiger partial charge in [0.2, 0.25) is 0 Å². The molecule has 1 atom stereocenters. The van der Waals surface area contributed by atoms with E-state index in [4.69, 9.17) is 0 Å². The van der Waals surface area contributed by atoms with Crippen LogP contribution in [0.3, 0.4) is 0 Å². The van der Waals surface area contributed by atoms with Crippen LogP contribution in [0.2, 0.25) is 0 Å². The van der Waals surface area contributed by atoms with Crippen LogP contribution >= 0.6 is 0 Å². The molecular formula is C16H25N3O. The van der Waals surface area contributed by atoms with E-state index >= 15 is 0 Å². The number of amides is 1. The first-order chi connectivity index (χ1) is 9.81. The van der Waals surface area contributed by atoms with E-state index in [0.29, 0.717) is 12.5 Å². The van der Waals surface area contributed by atoms with E-state index in [9.17, 15) is 4.79 Å². The average molecular weight is 275 g/mol. The molecule has 0 aliphatic carbocycles. The molecule has 0 bridgehead atoms. The number of rotatable bonds is 6. The summed E-state index contributed by atoms with van der Waals surface area (Å²) in [6.07, 6.45) is 3.43. The standard InChI is InChI=1S/C16H25N3O/c1-17-9-3-11-19-16(20)14-7-5-13(6-8-14)15-4-2-10-18-12-15/h5-8,15,17-18H,2-4,9-12H2,1H3,(H,19,20)/t15-/m0/s1. The van der Waals surface area contributed by atoms with E-state index in [1.54, 1.807) is 0 Å². The molecule has 1 aromatic carbocycles. The lowest BCUT2D eigenvalue weighted by Crippen LogP contribution is -2.28. The number of carbonyl (C=O) groups is 1. The summed E-state index contributed by atoms with van der Waals surface area (Å²) in [7, 11) is 1.92. The molecule has 2 rings (SSSR count). The maximum atomic E-state index is 12.0. The van der Waals surface area contributed by atoms with Crippen LogP contribution in [0.25, 0.3) is 0 Å². The normalized spacial score (nSPS) is 18.8. The number of carbonyl (C=O) groups excluding carboxylic acids is 1. The van der Waals surface area contributed by atoms with Gasteiger partial charge in [-0.1, -0.05) is 12.1 Å². The lowest BCUT2D eigenvalue weighted by atomic mass is 9.91. The van der Waals surface area contributed by atoms with Crippen LogP contribution in [0, 0.1) is 0 Å². The summed E-state index contributed by atoms with van der Waals surface area (Å²) in [5.74, 6) is 0.617. The monoisotopic (exact) mass is 275 g/mol. The first kappa shape index (κ1) is 15.0. The largest absolute Gasteiger partial charge is 0.352 e. The molecule has 0 unspecified atom stereocenters. The number of nitrogens with one attached hydrogen (secondary N) is 3. The van der Waals surface area contributed by atoms with E-state index in [1.165, 1.54) is 18.4 Å². The van der Waals surface area contributed by atoms with Crippen LogP contribution in [-0.2, 0) is 0 Å². The molecule has 1 aliphatic rings. The molecule has 20 heavy (non-hydrogen) atoms. The second-order valence-electron chi connectivity index (χ2n) is 5.38. The van der Waals surface area contributed by atoms with Gasteiger partial charge in [0, 0.05) is 18.7 Å². The third-order valence-electron chi connectivity index (χ3n) is 3.83. The molecule has 1 saturated heterocycles.